The number of carbonyl (C=O) groups excluding carboxylic acids is 1. The van der Waals surface area contributed by atoms with Gasteiger partial charge in [-0.25, -0.2) is 18.4 Å². The van der Waals surface area contributed by atoms with Gasteiger partial charge < -0.3 is 20.0 Å². The molecule has 2 aromatic heterocycles. The van der Waals surface area contributed by atoms with E-state index in [2.05, 4.69) is 26.3 Å². The molecular weight excluding hydrogens is 512 g/mol. The van der Waals surface area contributed by atoms with Crippen LogP contribution in [0, 0.1) is 13.8 Å². The first-order chi connectivity index (χ1) is 17.6. The van der Waals surface area contributed by atoms with E-state index in [4.69, 9.17) is 4.98 Å². The van der Waals surface area contributed by atoms with Gasteiger partial charge >= 0.3 is 0 Å². The van der Waals surface area contributed by atoms with E-state index in [1.54, 1.807) is 11.1 Å². The van der Waals surface area contributed by atoms with Crippen LogP contribution in [0.5, 0.6) is 0 Å². The van der Waals surface area contributed by atoms with Crippen molar-refractivity contribution in [1.29, 1.82) is 0 Å². The summed E-state index contributed by atoms with van der Waals surface area (Å²) in [5.74, 6) is 0.907. The predicted molar refractivity (Wildman–Crippen MR) is 147 cm³/mol. The SMILES string of the molecule is CCN1C(=O)c2nc(C)sc2N(C)c2nc(Nc3ccc(N4CCN(S(C)(=O)=O)CC4)cc3C)ncc21. The van der Waals surface area contributed by atoms with Crippen LogP contribution in [-0.4, -0.2) is 79.6 Å². The van der Waals surface area contributed by atoms with Crippen LogP contribution in [0.1, 0.15) is 28.0 Å². The zero-order chi connectivity index (χ0) is 26.5. The number of rotatable bonds is 5. The monoisotopic (exact) mass is 542 g/mol. The number of nitrogens with one attached hydrogen (secondary N) is 1. The van der Waals surface area contributed by atoms with Gasteiger partial charge in [0.1, 0.15) is 10.7 Å². The molecule has 3 aromatic rings. The highest BCUT2D eigenvalue weighted by atomic mass is 32.2. The molecule has 37 heavy (non-hydrogen) atoms. The molecule has 1 N–H and O–H groups in total. The zero-order valence-electron chi connectivity index (χ0n) is 21.5. The van der Waals surface area contributed by atoms with Gasteiger partial charge in [-0.2, -0.15) is 9.29 Å². The fourth-order valence-corrected chi connectivity index (χ4v) is 6.37. The molecule has 1 aromatic carbocycles. The van der Waals surface area contributed by atoms with Crippen molar-refractivity contribution in [1.82, 2.24) is 19.3 Å². The lowest BCUT2D eigenvalue weighted by Crippen LogP contribution is -2.48. The van der Waals surface area contributed by atoms with Crippen LogP contribution in [0.15, 0.2) is 24.4 Å². The molecule has 0 atom stereocenters. The van der Waals surface area contributed by atoms with Gasteiger partial charge in [0, 0.05) is 51.1 Å². The number of aromatic nitrogens is 3. The number of piperazine rings is 1. The molecule has 0 aliphatic carbocycles. The van der Waals surface area contributed by atoms with E-state index < -0.39 is 10.0 Å². The first kappa shape index (κ1) is 25.4. The van der Waals surface area contributed by atoms with E-state index in [0.29, 0.717) is 55.9 Å². The van der Waals surface area contributed by atoms with Crippen molar-refractivity contribution in [2.45, 2.75) is 20.8 Å². The smallest absolute Gasteiger partial charge is 0.280 e. The Kier molecular flexibility index (Phi) is 6.54. The van der Waals surface area contributed by atoms with Crippen molar-refractivity contribution in [3.63, 3.8) is 0 Å². The molecule has 196 valence electrons. The number of hydrogen-bond donors (Lipinski definition) is 1. The molecule has 1 fully saturated rings. The third-order valence-electron chi connectivity index (χ3n) is 6.67. The minimum atomic E-state index is -3.16. The van der Waals surface area contributed by atoms with Gasteiger partial charge in [0.2, 0.25) is 16.0 Å². The summed E-state index contributed by atoms with van der Waals surface area (Å²) in [5, 5.41) is 4.91. The van der Waals surface area contributed by atoms with E-state index in [1.807, 2.05) is 44.9 Å². The number of thiazole rings is 1. The zero-order valence-corrected chi connectivity index (χ0v) is 23.1. The highest BCUT2D eigenvalue weighted by molar-refractivity contribution is 7.88. The van der Waals surface area contributed by atoms with E-state index in [0.717, 1.165) is 26.9 Å². The van der Waals surface area contributed by atoms with Gasteiger partial charge in [-0.1, -0.05) is 0 Å². The number of nitrogens with zero attached hydrogens (tertiary/aromatic N) is 7. The maximum Gasteiger partial charge on any atom is 0.280 e. The Morgan fingerprint density at radius 3 is 2.49 bits per heavy atom. The van der Waals surface area contributed by atoms with Crippen molar-refractivity contribution in [3.05, 3.63) is 40.7 Å². The average Bonchev–Trinajstić information content (AvgIpc) is 3.24. The van der Waals surface area contributed by atoms with Crippen LogP contribution >= 0.6 is 11.3 Å². The van der Waals surface area contributed by atoms with E-state index in [1.165, 1.54) is 21.9 Å². The van der Waals surface area contributed by atoms with E-state index in [-0.39, 0.29) is 5.91 Å². The molecule has 0 bridgehead atoms. The molecule has 1 amide bonds. The number of hydrogen-bond acceptors (Lipinski definition) is 10. The van der Waals surface area contributed by atoms with Crippen molar-refractivity contribution >= 4 is 61.1 Å². The second-order valence-corrected chi connectivity index (χ2v) is 12.3. The Balaban J connectivity index is 1.39. The van der Waals surface area contributed by atoms with Crippen LogP contribution in [0.25, 0.3) is 0 Å². The van der Waals surface area contributed by atoms with Crippen molar-refractivity contribution in [3.8, 4) is 0 Å². The fourth-order valence-electron chi connectivity index (χ4n) is 4.68. The molecule has 5 rings (SSSR count). The number of sulfonamides is 1. The lowest BCUT2D eigenvalue weighted by molar-refractivity contribution is 0.0985. The molecule has 11 nitrogen and oxygen atoms in total. The highest BCUT2D eigenvalue weighted by Gasteiger charge is 2.33. The molecule has 0 unspecified atom stereocenters. The highest BCUT2D eigenvalue weighted by Crippen LogP contribution is 2.41. The summed E-state index contributed by atoms with van der Waals surface area (Å²) in [4.78, 5) is 32.7. The Labute approximate surface area is 220 Å². The number of carbonyl (C=O) groups is 1. The molecule has 0 spiro atoms. The molecule has 1 saturated heterocycles. The minimum absolute atomic E-state index is 0.152. The summed E-state index contributed by atoms with van der Waals surface area (Å²) >= 11 is 1.47. The normalized spacial score (nSPS) is 16.5. The summed E-state index contributed by atoms with van der Waals surface area (Å²) in [7, 11) is -1.27. The molecule has 0 radical (unpaired) electrons. The van der Waals surface area contributed by atoms with Gasteiger partial charge in [0.05, 0.1) is 17.5 Å². The quantitative estimate of drug-likeness (QED) is 0.519. The Morgan fingerprint density at radius 2 is 1.84 bits per heavy atom. The maximum atomic E-state index is 13.2. The second-order valence-electron chi connectivity index (χ2n) is 9.17. The van der Waals surface area contributed by atoms with Crippen molar-refractivity contribution < 1.29 is 13.2 Å². The van der Waals surface area contributed by atoms with Crippen LogP contribution < -0.4 is 20.0 Å². The fraction of sp³-hybridized carbons (Fsp3) is 0.417. The third kappa shape index (κ3) is 4.74. The molecule has 0 saturated carbocycles. The van der Waals surface area contributed by atoms with Crippen LogP contribution in [-0.2, 0) is 10.0 Å². The number of fused-ring (bicyclic) bond motifs is 2. The van der Waals surface area contributed by atoms with E-state index in [9.17, 15) is 13.2 Å². The summed E-state index contributed by atoms with van der Waals surface area (Å²) in [6, 6.07) is 6.08. The summed E-state index contributed by atoms with van der Waals surface area (Å²) in [6.45, 7) is 8.55. The number of amides is 1. The largest absolute Gasteiger partial charge is 0.369 e. The topological polar surface area (TPSA) is 115 Å². The summed E-state index contributed by atoms with van der Waals surface area (Å²) in [6.07, 6.45) is 2.93. The lowest BCUT2D eigenvalue weighted by Gasteiger charge is -2.35. The Morgan fingerprint density at radius 1 is 1.11 bits per heavy atom. The summed E-state index contributed by atoms with van der Waals surface area (Å²) in [5.41, 5.74) is 4.00. The Hall–Kier alpha value is -3.29. The average molecular weight is 543 g/mol. The third-order valence-corrected chi connectivity index (χ3v) is 9.02. The Bertz CT molecular complexity index is 1460. The number of aryl methyl sites for hydroxylation is 2. The molecular formula is C24H30N8O3S2. The first-order valence-electron chi connectivity index (χ1n) is 12.0. The van der Waals surface area contributed by atoms with Crippen LogP contribution in [0.3, 0.4) is 0 Å². The van der Waals surface area contributed by atoms with Crippen molar-refractivity contribution in [2.24, 2.45) is 0 Å². The first-order valence-corrected chi connectivity index (χ1v) is 14.7. The van der Waals surface area contributed by atoms with Gasteiger partial charge in [0.15, 0.2) is 11.5 Å². The maximum absolute atomic E-state index is 13.2. The van der Waals surface area contributed by atoms with Gasteiger partial charge in [-0.3, -0.25) is 4.79 Å². The number of benzene rings is 1. The molecule has 2 aliphatic heterocycles. The molecule has 2 aliphatic rings. The standard InChI is InChI=1S/C24H30N8O3S2/c1-6-32-19-14-25-24(28-21(19)29(4)23-20(22(32)33)26-16(3)36-23)27-18-8-7-17(13-15(18)2)30-9-11-31(12-10-30)37(5,34)35/h7-8,13-14H,6,9-12H2,1-5H3,(H,25,27,28). The minimum Gasteiger partial charge on any atom is -0.369 e. The van der Waals surface area contributed by atoms with E-state index >= 15 is 0 Å². The van der Waals surface area contributed by atoms with Gasteiger partial charge in [-0.05, 0) is 44.5 Å². The van der Waals surface area contributed by atoms with Gasteiger partial charge in [-0.15, -0.1) is 11.3 Å². The lowest BCUT2D eigenvalue weighted by atomic mass is 10.1. The second kappa shape index (κ2) is 9.54. The van der Waals surface area contributed by atoms with Crippen LogP contribution in [0.2, 0.25) is 0 Å². The van der Waals surface area contributed by atoms with Gasteiger partial charge in [0.25, 0.3) is 5.91 Å². The molecule has 13 heteroatoms. The van der Waals surface area contributed by atoms with Crippen molar-refractivity contribution in [2.75, 3.05) is 66.0 Å². The van der Waals surface area contributed by atoms with Crippen LogP contribution in [0.4, 0.5) is 33.8 Å². The number of anilines is 6. The molecule has 4 heterocycles. The summed E-state index contributed by atoms with van der Waals surface area (Å²) < 4.78 is 25.1. The predicted octanol–water partition coefficient (Wildman–Crippen LogP) is 3.12.